The molecule has 0 fully saturated rings. The van der Waals surface area contributed by atoms with Crippen LogP contribution in [0.5, 0.6) is 5.75 Å². The predicted molar refractivity (Wildman–Crippen MR) is 135 cm³/mol. The van der Waals surface area contributed by atoms with Gasteiger partial charge >= 0.3 is 0 Å². The third-order valence-electron chi connectivity index (χ3n) is 5.96. The van der Waals surface area contributed by atoms with Crippen molar-refractivity contribution in [2.45, 2.75) is 25.0 Å². The molecule has 2 atom stereocenters. The van der Waals surface area contributed by atoms with Crippen LogP contribution in [0.3, 0.4) is 0 Å². The van der Waals surface area contributed by atoms with Gasteiger partial charge in [-0.25, -0.2) is 19.6 Å². The van der Waals surface area contributed by atoms with E-state index in [1.54, 1.807) is 35.2 Å². The average molecular weight is 494 g/mol. The molecule has 11 heteroatoms. The van der Waals surface area contributed by atoms with Gasteiger partial charge in [0.2, 0.25) is 0 Å². The van der Waals surface area contributed by atoms with E-state index in [4.69, 9.17) is 9.84 Å². The summed E-state index contributed by atoms with van der Waals surface area (Å²) in [6.45, 7) is 1.24. The number of nitrogens with one attached hydrogen (secondary N) is 1. The van der Waals surface area contributed by atoms with Crippen molar-refractivity contribution < 1.29 is 14.9 Å². The van der Waals surface area contributed by atoms with Crippen LogP contribution in [-0.4, -0.2) is 77.8 Å². The van der Waals surface area contributed by atoms with Gasteiger partial charge in [-0.15, -0.1) is 0 Å². The maximum absolute atomic E-state index is 9.72. The fraction of sp³-hybridized carbons (Fsp3) is 0.375. The second-order valence-electron chi connectivity index (χ2n) is 8.40. The van der Waals surface area contributed by atoms with Gasteiger partial charge in [0.25, 0.3) is 0 Å². The lowest BCUT2D eigenvalue weighted by atomic mass is 10.00. The van der Waals surface area contributed by atoms with Gasteiger partial charge in [-0.3, -0.25) is 4.98 Å². The Bertz CT molecular complexity index is 1320. The summed E-state index contributed by atoms with van der Waals surface area (Å²) in [5, 5.41) is 27.4. The van der Waals surface area contributed by atoms with Gasteiger partial charge < -0.3 is 20.3 Å². The first kappa shape index (κ1) is 23.5. The van der Waals surface area contributed by atoms with E-state index in [0.29, 0.717) is 18.8 Å². The molecular weight excluding hydrogens is 466 g/mol. The van der Waals surface area contributed by atoms with Crippen molar-refractivity contribution in [2.75, 3.05) is 37.1 Å². The van der Waals surface area contributed by atoms with Crippen LogP contribution in [0.2, 0.25) is 0 Å². The van der Waals surface area contributed by atoms with E-state index < -0.39 is 6.10 Å². The van der Waals surface area contributed by atoms with Crippen LogP contribution in [0.1, 0.15) is 17.2 Å². The molecule has 5 heterocycles. The first-order chi connectivity index (χ1) is 17.2. The largest absolute Gasteiger partial charge is 0.491 e. The van der Waals surface area contributed by atoms with Gasteiger partial charge in [-0.1, -0.05) is 0 Å². The normalized spacial score (nSPS) is 14.5. The molecule has 10 nitrogen and oxygen atoms in total. The van der Waals surface area contributed by atoms with E-state index in [0.717, 1.165) is 46.1 Å². The van der Waals surface area contributed by atoms with Gasteiger partial charge in [0, 0.05) is 59.6 Å². The topological polar surface area (TPSA) is 131 Å². The molecule has 35 heavy (non-hydrogen) atoms. The monoisotopic (exact) mass is 493 g/mol. The minimum absolute atomic E-state index is 0.177. The molecule has 3 N–H and O–H groups in total. The number of aliphatic hydroxyl groups is 2. The summed E-state index contributed by atoms with van der Waals surface area (Å²) >= 11 is 1.80. The van der Waals surface area contributed by atoms with Crippen LogP contribution >= 0.6 is 11.8 Å². The van der Waals surface area contributed by atoms with Crippen LogP contribution in [0.25, 0.3) is 22.3 Å². The number of ether oxygens (including phenoxy) is 1. The molecule has 0 saturated carbocycles. The van der Waals surface area contributed by atoms with Gasteiger partial charge in [0.15, 0.2) is 5.65 Å². The molecule has 4 aromatic heterocycles. The molecular formula is C24H27N7O3S. The molecule has 0 spiro atoms. The highest BCUT2D eigenvalue weighted by Gasteiger charge is 2.23. The maximum Gasteiger partial charge on any atom is 0.157 e. The first-order valence-corrected chi connectivity index (χ1v) is 12.8. The molecule has 1 aliphatic rings. The lowest BCUT2D eigenvalue weighted by Crippen LogP contribution is -2.20. The lowest BCUT2D eigenvalue weighted by Gasteiger charge is -2.19. The number of hydrogen-bond donors (Lipinski definition) is 3. The van der Waals surface area contributed by atoms with Crippen LogP contribution < -0.4 is 10.1 Å². The predicted octanol–water partition coefficient (Wildman–Crippen LogP) is 2.13. The van der Waals surface area contributed by atoms with Crippen molar-refractivity contribution in [3.63, 3.8) is 0 Å². The van der Waals surface area contributed by atoms with E-state index in [1.807, 2.05) is 18.3 Å². The zero-order valence-corrected chi connectivity index (χ0v) is 20.1. The number of fused-ring (bicyclic) bond motifs is 2. The Morgan fingerprint density at radius 1 is 1.20 bits per heavy atom. The van der Waals surface area contributed by atoms with E-state index in [1.165, 1.54) is 5.56 Å². The molecule has 4 aromatic rings. The summed E-state index contributed by atoms with van der Waals surface area (Å²) in [5.74, 6) is 2.86. The Balaban J connectivity index is 1.33. The minimum Gasteiger partial charge on any atom is -0.491 e. The standard InChI is InChI=1S/C24H27N7O3S/c1-35-13-17(19-2-4-25-20-3-5-34-23(19)20)9-26-22-7-21(28-14-29-22)15-6-16-10-30-31(11-18(33)12-32)24(16)27-8-15/h2,4,6-8,10,14,17-18,32-33H,3,5,9,11-13H2,1H3,(H,26,28,29). The van der Waals surface area contributed by atoms with E-state index >= 15 is 0 Å². The number of pyridine rings is 2. The SMILES string of the molecule is CSCC(CNc1cc(-c2cnc3c(cnn3CC(O)CO)c2)ncn1)c1ccnc2c1OCC2. The van der Waals surface area contributed by atoms with Crippen molar-refractivity contribution >= 4 is 28.6 Å². The Kier molecular flexibility index (Phi) is 7.07. The second-order valence-corrected chi connectivity index (χ2v) is 9.31. The summed E-state index contributed by atoms with van der Waals surface area (Å²) in [7, 11) is 0. The van der Waals surface area contributed by atoms with Gasteiger partial charge in [-0.05, 0) is 18.4 Å². The zero-order valence-electron chi connectivity index (χ0n) is 19.3. The number of nitrogens with zero attached hydrogens (tertiary/aromatic N) is 6. The van der Waals surface area contributed by atoms with Crippen molar-refractivity contribution in [3.05, 3.63) is 54.4 Å². The Morgan fingerprint density at radius 2 is 2.11 bits per heavy atom. The number of anilines is 1. The molecule has 2 unspecified atom stereocenters. The molecule has 0 bridgehead atoms. The minimum atomic E-state index is -0.884. The average Bonchev–Trinajstić information content (AvgIpc) is 3.53. The summed E-state index contributed by atoms with van der Waals surface area (Å²) in [6.07, 6.45) is 8.91. The van der Waals surface area contributed by atoms with Gasteiger partial charge in [0.05, 0.1) is 43.4 Å². The molecule has 0 aromatic carbocycles. The van der Waals surface area contributed by atoms with Gasteiger partial charge in [0.1, 0.15) is 17.9 Å². The van der Waals surface area contributed by atoms with Crippen LogP contribution in [0, 0.1) is 0 Å². The Hall–Kier alpha value is -3.28. The van der Waals surface area contributed by atoms with Crippen LogP contribution in [0.4, 0.5) is 5.82 Å². The third kappa shape index (κ3) is 5.07. The summed E-state index contributed by atoms with van der Waals surface area (Å²) in [5.41, 5.74) is 4.44. The first-order valence-electron chi connectivity index (χ1n) is 11.4. The Morgan fingerprint density at radius 3 is 2.97 bits per heavy atom. The highest BCUT2D eigenvalue weighted by Crippen LogP contribution is 2.34. The highest BCUT2D eigenvalue weighted by molar-refractivity contribution is 7.98. The number of aliphatic hydroxyl groups excluding tert-OH is 2. The van der Waals surface area contributed by atoms with Crippen LogP contribution in [-0.2, 0) is 13.0 Å². The van der Waals surface area contributed by atoms with Crippen LogP contribution in [0.15, 0.2) is 43.1 Å². The molecule has 182 valence electrons. The lowest BCUT2D eigenvalue weighted by molar-refractivity contribution is 0.0792. The third-order valence-corrected chi connectivity index (χ3v) is 6.70. The quantitative estimate of drug-likeness (QED) is 0.302. The van der Waals surface area contributed by atoms with Crippen molar-refractivity contribution in [2.24, 2.45) is 0 Å². The van der Waals surface area contributed by atoms with Crippen molar-refractivity contribution in [3.8, 4) is 17.0 Å². The van der Waals surface area contributed by atoms with E-state index in [2.05, 4.69) is 42.7 Å². The van der Waals surface area contributed by atoms with E-state index in [9.17, 15) is 5.11 Å². The maximum atomic E-state index is 9.72. The van der Waals surface area contributed by atoms with Crippen molar-refractivity contribution in [1.82, 2.24) is 29.7 Å². The smallest absolute Gasteiger partial charge is 0.157 e. The fourth-order valence-corrected chi connectivity index (χ4v) is 4.93. The summed E-state index contributed by atoms with van der Waals surface area (Å²) in [6, 6.07) is 5.92. The fourth-order valence-electron chi connectivity index (χ4n) is 4.23. The second kappa shape index (κ2) is 10.5. The molecule has 1 aliphatic heterocycles. The number of aromatic nitrogens is 6. The van der Waals surface area contributed by atoms with Crippen molar-refractivity contribution in [1.29, 1.82) is 0 Å². The number of thioether (sulfide) groups is 1. The number of hydrogen-bond acceptors (Lipinski definition) is 10. The zero-order chi connectivity index (χ0) is 24.2. The molecule has 0 radical (unpaired) electrons. The molecule has 0 aliphatic carbocycles. The summed E-state index contributed by atoms with van der Waals surface area (Å²) < 4.78 is 7.47. The number of rotatable bonds is 10. The Labute approximate surface area is 206 Å². The molecule has 0 saturated heterocycles. The van der Waals surface area contributed by atoms with Gasteiger partial charge in [-0.2, -0.15) is 16.9 Å². The molecule has 5 rings (SSSR count). The summed E-state index contributed by atoms with van der Waals surface area (Å²) in [4.78, 5) is 17.8. The van der Waals surface area contributed by atoms with E-state index in [-0.39, 0.29) is 19.1 Å². The molecule has 0 amide bonds. The highest BCUT2D eigenvalue weighted by atomic mass is 32.2.